The summed E-state index contributed by atoms with van der Waals surface area (Å²) in [5.41, 5.74) is 0. The quantitative estimate of drug-likeness (QED) is 0.804. The van der Waals surface area contributed by atoms with Gasteiger partial charge in [-0.2, -0.15) is 4.98 Å². The van der Waals surface area contributed by atoms with E-state index in [0.717, 1.165) is 0 Å². The van der Waals surface area contributed by atoms with Gasteiger partial charge in [0.15, 0.2) is 11.7 Å². The molecule has 2 aromatic rings. The number of nitrogens with zero attached hydrogens (tertiary/aromatic N) is 2. The summed E-state index contributed by atoms with van der Waals surface area (Å²) < 4.78 is 9.75. The highest BCUT2D eigenvalue weighted by atomic mass is 16.5. The number of carboxylic acids is 1. The molecule has 0 radical (unpaired) electrons. The highest BCUT2D eigenvalue weighted by Crippen LogP contribution is 2.13. The van der Waals surface area contributed by atoms with Crippen LogP contribution < -0.4 is 5.32 Å². The molecule has 0 saturated carbocycles. The first-order chi connectivity index (χ1) is 7.65. The highest BCUT2D eigenvalue weighted by molar-refractivity contribution is 5.84. The molecule has 0 aliphatic heterocycles. The fraction of sp³-hybridized carbons (Fsp3) is 0.222. The molecular weight excluding hydrogens is 214 g/mol. The zero-order valence-corrected chi connectivity index (χ0v) is 8.43. The third-order valence-electron chi connectivity index (χ3n) is 1.81. The molecule has 0 amide bonds. The topological polar surface area (TPSA) is 101 Å². The van der Waals surface area contributed by atoms with Crippen molar-refractivity contribution in [1.82, 2.24) is 10.1 Å². The Morgan fingerprint density at radius 2 is 2.38 bits per heavy atom. The second kappa shape index (κ2) is 4.05. The van der Waals surface area contributed by atoms with Crippen LogP contribution in [0.3, 0.4) is 0 Å². The van der Waals surface area contributed by atoms with Gasteiger partial charge in [0.25, 0.3) is 0 Å². The van der Waals surface area contributed by atoms with Crippen molar-refractivity contribution in [2.75, 3.05) is 5.32 Å². The summed E-state index contributed by atoms with van der Waals surface area (Å²) in [6.45, 7) is 2.00. The third-order valence-corrected chi connectivity index (χ3v) is 1.81. The number of aromatic nitrogens is 2. The highest BCUT2D eigenvalue weighted by Gasteiger charge is 2.09. The van der Waals surface area contributed by atoms with E-state index in [4.69, 9.17) is 14.0 Å². The van der Waals surface area contributed by atoms with Crippen LogP contribution >= 0.6 is 0 Å². The van der Waals surface area contributed by atoms with Crippen molar-refractivity contribution < 1.29 is 18.8 Å². The molecule has 0 bridgehead atoms. The van der Waals surface area contributed by atoms with E-state index in [9.17, 15) is 4.79 Å². The smallest absolute Gasteiger partial charge is 0.371 e. The summed E-state index contributed by atoms with van der Waals surface area (Å²) in [4.78, 5) is 14.5. The lowest BCUT2D eigenvalue weighted by atomic mass is 10.4. The zero-order valence-electron chi connectivity index (χ0n) is 8.43. The molecule has 2 heterocycles. The van der Waals surface area contributed by atoms with Gasteiger partial charge in [-0.15, -0.1) is 0 Å². The van der Waals surface area contributed by atoms with Gasteiger partial charge in [-0.05, 0) is 6.07 Å². The Balaban J connectivity index is 1.97. The first-order valence-corrected chi connectivity index (χ1v) is 4.51. The molecule has 2 aromatic heterocycles. The first kappa shape index (κ1) is 10.2. The second-order valence-corrected chi connectivity index (χ2v) is 3.05. The fourth-order valence-electron chi connectivity index (χ4n) is 1.13. The van der Waals surface area contributed by atoms with E-state index in [0.29, 0.717) is 24.1 Å². The predicted octanol–water partition coefficient (Wildman–Crippen LogP) is 1.28. The van der Waals surface area contributed by atoms with Gasteiger partial charge >= 0.3 is 5.97 Å². The van der Waals surface area contributed by atoms with E-state index in [-0.39, 0.29) is 5.76 Å². The maximum atomic E-state index is 10.5. The van der Waals surface area contributed by atoms with Gasteiger partial charge in [-0.1, -0.05) is 5.16 Å². The monoisotopic (exact) mass is 223 g/mol. The lowest BCUT2D eigenvalue weighted by molar-refractivity contribution is 0.0663. The molecule has 2 rings (SSSR count). The molecule has 0 fully saturated rings. The van der Waals surface area contributed by atoms with Crippen LogP contribution in [0.25, 0.3) is 0 Å². The van der Waals surface area contributed by atoms with Crippen molar-refractivity contribution in [3.05, 3.63) is 29.6 Å². The van der Waals surface area contributed by atoms with Crippen molar-refractivity contribution in [2.45, 2.75) is 13.5 Å². The number of rotatable bonds is 4. The van der Waals surface area contributed by atoms with E-state index < -0.39 is 5.97 Å². The fourth-order valence-corrected chi connectivity index (χ4v) is 1.13. The Hall–Kier alpha value is -2.31. The number of furan rings is 1. The van der Waals surface area contributed by atoms with Gasteiger partial charge in [0.05, 0.1) is 6.54 Å². The normalized spacial score (nSPS) is 10.3. The van der Waals surface area contributed by atoms with Crippen LogP contribution in [0.4, 0.5) is 5.88 Å². The van der Waals surface area contributed by atoms with Gasteiger partial charge in [-0.3, -0.25) is 0 Å². The van der Waals surface area contributed by atoms with E-state index in [1.54, 1.807) is 6.92 Å². The van der Waals surface area contributed by atoms with E-state index >= 15 is 0 Å². The SMILES string of the molecule is Cc1nc(CNc2ccc(C(=O)O)o2)no1. The average Bonchev–Trinajstić information content (AvgIpc) is 2.83. The second-order valence-electron chi connectivity index (χ2n) is 3.05. The van der Waals surface area contributed by atoms with Crippen LogP contribution in [0, 0.1) is 6.92 Å². The van der Waals surface area contributed by atoms with Crippen LogP contribution in [-0.4, -0.2) is 21.2 Å². The molecule has 7 nitrogen and oxygen atoms in total. The molecule has 0 atom stereocenters. The van der Waals surface area contributed by atoms with Crippen molar-refractivity contribution >= 4 is 11.9 Å². The number of nitrogens with one attached hydrogen (secondary N) is 1. The number of hydrogen-bond acceptors (Lipinski definition) is 6. The number of aryl methyl sites for hydroxylation is 1. The minimum Gasteiger partial charge on any atom is -0.475 e. The molecule has 0 spiro atoms. The average molecular weight is 223 g/mol. The van der Waals surface area contributed by atoms with Crippen LogP contribution in [0.1, 0.15) is 22.3 Å². The van der Waals surface area contributed by atoms with Gasteiger partial charge in [0.2, 0.25) is 11.7 Å². The number of carbonyl (C=O) groups is 1. The van der Waals surface area contributed by atoms with Gasteiger partial charge in [-0.25, -0.2) is 4.79 Å². The molecule has 0 unspecified atom stereocenters. The molecule has 7 heteroatoms. The minimum atomic E-state index is -1.11. The standard InChI is InChI=1S/C9H9N3O4/c1-5-11-7(12-16-5)4-10-8-3-2-6(15-8)9(13)14/h2-3,10H,4H2,1H3,(H,13,14). The molecule has 0 saturated heterocycles. The van der Waals surface area contributed by atoms with Crippen molar-refractivity contribution in [2.24, 2.45) is 0 Å². The maximum Gasteiger partial charge on any atom is 0.371 e. The Morgan fingerprint density at radius 1 is 1.56 bits per heavy atom. The number of carboxylic acid groups (broad SMARTS) is 1. The zero-order chi connectivity index (χ0) is 11.5. The summed E-state index contributed by atoms with van der Waals surface area (Å²) in [6, 6.07) is 2.89. The lowest BCUT2D eigenvalue weighted by Crippen LogP contribution is -2.00. The van der Waals surface area contributed by atoms with Crippen molar-refractivity contribution in [3.8, 4) is 0 Å². The van der Waals surface area contributed by atoms with Gasteiger partial charge in [0.1, 0.15) is 0 Å². The number of aromatic carboxylic acids is 1. The maximum absolute atomic E-state index is 10.5. The molecule has 0 aliphatic carbocycles. The Morgan fingerprint density at radius 3 is 2.94 bits per heavy atom. The van der Waals surface area contributed by atoms with Crippen molar-refractivity contribution in [1.29, 1.82) is 0 Å². The largest absolute Gasteiger partial charge is 0.475 e. The van der Waals surface area contributed by atoms with E-state index in [1.165, 1.54) is 12.1 Å². The first-order valence-electron chi connectivity index (χ1n) is 4.51. The van der Waals surface area contributed by atoms with Crippen LogP contribution in [0.15, 0.2) is 21.1 Å². The Labute approximate surface area is 90.1 Å². The summed E-state index contributed by atoms with van der Waals surface area (Å²) in [5, 5.41) is 15.1. The number of anilines is 1. The third kappa shape index (κ3) is 2.19. The summed E-state index contributed by atoms with van der Waals surface area (Å²) in [6.07, 6.45) is 0. The molecule has 2 N–H and O–H groups in total. The molecule has 0 aromatic carbocycles. The minimum absolute atomic E-state index is 0.119. The summed E-state index contributed by atoms with van der Waals surface area (Å²) in [5.74, 6) is 0.0725. The van der Waals surface area contributed by atoms with Crippen LogP contribution in [0.5, 0.6) is 0 Å². The van der Waals surface area contributed by atoms with Crippen LogP contribution in [-0.2, 0) is 6.54 Å². The Bertz CT molecular complexity index is 502. The van der Waals surface area contributed by atoms with Gasteiger partial charge < -0.3 is 19.4 Å². The summed E-state index contributed by atoms with van der Waals surface area (Å²) in [7, 11) is 0. The predicted molar refractivity (Wildman–Crippen MR) is 52.0 cm³/mol. The lowest BCUT2D eigenvalue weighted by Gasteiger charge is -1.96. The molecule has 0 aliphatic rings. The van der Waals surface area contributed by atoms with Crippen LogP contribution in [0.2, 0.25) is 0 Å². The molecule has 84 valence electrons. The summed E-state index contributed by atoms with van der Waals surface area (Å²) >= 11 is 0. The molecule has 16 heavy (non-hydrogen) atoms. The van der Waals surface area contributed by atoms with E-state index in [2.05, 4.69) is 15.5 Å². The van der Waals surface area contributed by atoms with Crippen molar-refractivity contribution in [3.63, 3.8) is 0 Å². The van der Waals surface area contributed by atoms with Gasteiger partial charge in [0, 0.05) is 13.0 Å². The number of hydrogen-bond donors (Lipinski definition) is 2. The van der Waals surface area contributed by atoms with E-state index in [1.807, 2.05) is 0 Å². The Kier molecular flexibility index (Phi) is 2.59. The molecular formula is C9H9N3O4.